The molecule has 0 bridgehead atoms. The summed E-state index contributed by atoms with van der Waals surface area (Å²) >= 11 is 0. The molecule has 6 nitrogen and oxygen atoms in total. The van der Waals surface area contributed by atoms with Crippen LogP contribution in [0.25, 0.3) is 0 Å². The highest BCUT2D eigenvalue weighted by atomic mass is 16.3. The third-order valence-corrected chi connectivity index (χ3v) is 4.44. The average Bonchev–Trinajstić information content (AvgIpc) is 2.94. The van der Waals surface area contributed by atoms with Crippen molar-refractivity contribution in [3.05, 3.63) is 53.7 Å². The first kappa shape index (κ1) is 16.3. The Morgan fingerprint density at radius 3 is 2.75 bits per heavy atom. The van der Waals surface area contributed by atoms with Crippen molar-refractivity contribution in [2.45, 2.75) is 18.4 Å². The van der Waals surface area contributed by atoms with Crippen LogP contribution in [-0.4, -0.2) is 36.8 Å². The molecule has 1 heterocycles. The zero-order valence-electron chi connectivity index (χ0n) is 13.9. The number of carbonyl (C=O) groups is 1. The van der Waals surface area contributed by atoms with E-state index in [-0.39, 0.29) is 12.6 Å². The lowest BCUT2D eigenvalue weighted by molar-refractivity contribution is 0.164. The fourth-order valence-electron chi connectivity index (χ4n) is 3.13. The molecular weight excluding hydrogens is 304 g/mol. The van der Waals surface area contributed by atoms with Crippen molar-refractivity contribution in [1.29, 1.82) is 0 Å². The highest BCUT2D eigenvalue weighted by Crippen LogP contribution is 2.36. The van der Waals surface area contributed by atoms with Crippen molar-refractivity contribution in [3.8, 4) is 0 Å². The molecule has 1 atom stereocenters. The Morgan fingerprint density at radius 1 is 1.29 bits per heavy atom. The lowest BCUT2D eigenvalue weighted by atomic mass is 9.93. The van der Waals surface area contributed by atoms with E-state index in [1.807, 2.05) is 49.3 Å². The molecule has 1 aliphatic carbocycles. The summed E-state index contributed by atoms with van der Waals surface area (Å²) in [7, 11) is 3.81. The van der Waals surface area contributed by atoms with Crippen molar-refractivity contribution >= 4 is 17.5 Å². The number of pyridine rings is 1. The van der Waals surface area contributed by atoms with Gasteiger partial charge in [0.1, 0.15) is 5.82 Å². The first-order valence-electron chi connectivity index (χ1n) is 7.96. The molecule has 0 saturated heterocycles. The van der Waals surface area contributed by atoms with E-state index in [1.165, 1.54) is 5.56 Å². The Morgan fingerprint density at radius 2 is 2.08 bits per heavy atom. The van der Waals surface area contributed by atoms with Gasteiger partial charge in [0.2, 0.25) is 0 Å². The van der Waals surface area contributed by atoms with Gasteiger partial charge in [-0.2, -0.15) is 0 Å². The maximum absolute atomic E-state index is 12.4. The number of aliphatic hydroxyl groups is 1. The minimum Gasteiger partial charge on any atom is -0.394 e. The fraction of sp³-hybridized carbons (Fsp3) is 0.333. The van der Waals surface area contributed by atoms with Crippen LogP contribution in [0.5, 0.6) is 0 Å². The van der Waals surface area contributed by atoms with E-state index < -0.39 is 5.54 Å². The monoisotopic (exact) mass is 326 g/mol. The Hall–Kier alpha value is -2.60. The maximum atomic E-state index is 12.4. The zero-order valence-corrected chi connectivity index (χ0v) is 13.9. The number of benzene rings is 1. The molecule has 2 amide bonds. The van der Waals surface area contributed by atoms with Gasteiger partial charge in [0.25, 0.3) is 0 Å². The second-order valence-corrected chi connectivity index (χ2v) is 6.28. The lowest BCUT2D eigenvalue weighted by Gasteiger charge is -2.29. The zero-order chi connectivity index (χ0) is 17.2. The van der Waals surface area contributed by atoms with Crippen LogP contribution in [0.2, 0.25) is 0 Å². The molecule has 0 saturated carbocycles. The lowest BCUT2D eigenvalue weighted by Crippen LogP contribution is -2.48. The summed E-state index contributed by atoms with van der Waals surface area (Å²) in [6.45, 7) is -0.130. The molecule has 126 valence electrons. The molecule has 0 fully saturated rings. The van der Waals surface area contributed by atoms with Gasteiger partial charge in [-0.25, -0.2) is 9.78 Å². The summed E-state index contributed by atoms with van der Waals surface area (Å²) in [6.07, 6.45) is 3.15. The number of urea groups is 1. The van der Waals surface area contributed by atoms with Crippen LogP contribution in [0.1, 0.15) is 17.5 Å². The van der Waals surface area contributed by atoms with Gasteiger partial charge in [0.15, 0.2) is 0 Å². The number of hydrogen-bond donors (Lipinski definition) is 3. The number of aromatic nitrogens is 1. The van der Waals surface area contributed by atoms with Gasteiger partial charge in [0.05, 0.1) is 24.0 Å². The van der Waals surface area contributed by atoms with E-state index in [1.54, 1.807) is 12.3 Å². The topological polar surface area (TPSA) is 77.5 Å². The molecule has 24 heavy (non-hydrogen) atoms. The molecule has 0 aliphatic heterocycles. The number of nitrogens with one attached hydrogen (secondary N) is 2. The summed E-state index contributed by atoms with van der Waals surface area (Å²) in [5.74, 6) is 0.817. The maximum Gasteiger partial charge on any atom is 0.320 e. The number of carbonyl (C=O) groups excluding carboxylic acids is 1. The van der Waals surface area contributed by atoms with Crippen LogP contribution in [0.3, 0.4) is 0 Å². The number of aliphatic hydroxyl groups excluding tert-OH is 1. The molecule has 0 spiro atoms. The van der Waals surface area contributed by atoms with Crippen LogP contribution in [0, 0.1) is 0 Å². The molecule has 6 heteroatoms. The summed E-state index contributed by atoms with van der Waals surface area (Å²) in [4.78, 5) is 18.5. The number of rotatable bonds is 4. The van der Waals surface area contributed by atoms with Crippen LogP contribution >= 0.6 is 0 Å². The average molecular weight is 326 g/mol. The molecule has 3 N–H and O–H groups in total. The quantitative estimate of drug-likeness (QED) is 0.804. The number of nitrogens with zero attached hydrogens (tertiary/aromatic N) is 2. The highest BCUT2D eigenvalue weighted by Gasteiger charge is 2.39. The van der Waals surface area contributed by atoms with Gasteiger partial charge < -0.3 is 20.6 Å². The number of hydrogen-bond acceptors (Lipinski definition) is 4. The van der Waals surface area contributed by atoms with Gasteiger partial charge in [0, 0.05) is 14.1 Å². The van der Waals surface area contributed by atoms with E-state index in [0.29, 0.717) is 12.1 Å². The Kier molecular flexibility index (Phi) is 4.40. The Balaban J connectivity index is 1.72. The second-order valence-electron chi connectivity index (χ2n) is 6.28. The van der Waals surface area contributed by atoms with Crippen molar-refractivity contribution < 1.29 is 9.90 Å². The smallest absolute Gasteiger partial charge is 0.320 e. The van der Waals surface area contributed by atoms with E-state index >= 15 is 0 Å². The predicted octanol–water partition coefficient (Wildman–Crippen LogP) is 2.10. The predicted molar refractivity (Wildman–Crippen MR) is 94.2 cm³/mol. The minimum atomic E-state index is -0.725. The third-order valence-electron chi connectivity index (χ3n) is 4.44. The number of aryl methyl sites for hydroxylation is 1. The van der Waals surface area contributed by atoms with E-state index in [0.717, 1.165) is 17.8 Å². The normalized spacial score (nSPS) is 18.8. The standard InChI is InChI=1S/C18H22N4O2/c1-22(2)16-8-7-14(11-19-16)20-17(24)21-18(12-23)10-9-13-5-3-4-6-15(13)18/h3-8,11,23H,9-10,12H2,1-2H3,(H2,20,21,24). The molecule has 1 unspecified atom stereocenters. The fourth-order valence-corrected chi connectivity index (χ4v) is 3.13. The number of fused-ring (bicyclic) bond motifs is 1. The van der Waals surface area contributed by atoms with Gasteiger partial charge in [-0.1, -0.05) is 24.3 Å². The van der Waals surface area contributed by atoms with Gasteiger partial charge in [-0.15, -0.1) is 0 Å². The summed E-state index contributed by atoms with van der Waals surface area (Å²) in [6, 6.07) is 11.2. The largest absolute Gasteiger partial charge is 0.394 e. The third kappa shape index (κ3) is 3.05. The molecule has 1 aromatic heterocycles. The SMILES string of the molecule is CN(C)c1ccc(NC(=O)NC2(CO)CCc3ccccc32)cn1. The Labute approximate surface area is 141 Å². The van der Waals surface area contributed by atoms with E-state index in [2.05, 4.69) is 15.6 Å². The van der Waals surface area contributed by atoms with Crippen molar-refractivity contribution in [2.24, 2.45) is 0 Å². The van der Waals surface area contributed by atoms with Crippen molar-refractivity contribution in [2.75, 3.05) is 30.9 Å². The van der Waals surface area contributed by atoms with Gasteiger partial charge in [-0.05, 0) is 36.1 Å². The molecule has 1 aliphatic rings. The summed E-state index contributed by atoms with van der Waals surface area (Å²) in [5.41, 5.74) is 2.04. The van der Waals surface area contributed by atoms with Crippen LogP contribution < -0.4 is 15.5 Å². The minimum absolute atomic E-state index is 0.130. The first-order valence-corrected chi connectivity index (χ1v) is 7.96. The van der Waals surface area contributed by atoms with Crippen LogP contribution in [0.15, 0.2) is 42.6 Å². The Bertz CT molecular complexity index is 730. The molecular formula is C18H22N4O2. The highest BCUT2D eigenvalue weighted by molar-refractivity contribution is 5.90. The van der Waals surface area contributed by atoms with Crippen molar-refractivity contribution in [3.63, 3.8) is 0 Å². The van der Waals surface area contributed by atoms with Crippen molar-refractivity contribution in [1.82, 2.24) is 10.3 Å². The van der Waals surface area contributed by atoms with Gasteiger partial charge in [-0.3, -0.25) is 0 Å². The van der Waals surface area contributed by atoms with E-state index in [9.17, 15) is 9.90 Å². The van der Waals surface area contributed by atoms with Crippen LogP contribution in [-0.2, 0) is 12.0 Å². The van der Waals surface area contributed by atoms with Gasteiger partial charge >= 0.3 is 6.03 Å². The summed E-state index contributed by atoms with van der Waals surface area (Å²) in [5, 5.41) is 15.6. The molecule has 0 radical (unpaired) electrons. The summed E-state index contributed by atoms with van der Waals surface area (Å²) < 4.78 is 0. The molecule has 3 rings (SSSR count). The second kappa shape index (κ2) is 6.49. The molecule has 2 aromatic rings. The van der Waals surface area contributed by atoms with Crippen LogP contribution in [0.4, 0.5) is 16.3 Å². The van der Waals surface area contributed by atoms with E-state index in [4.69, 9.17) is 0 Å². The number of amides is 2. The number of anilines is 2. The first-order chi connectivity index (χ1) is 11.5. The molecule has 1 aromatic carbocycles.